The summed E-state index contributed by atoms with van der Waals surface area (Å²) in [5.74, 6) is 0.395. The molecule has 0 spiro atoms. The highest BCUT2D eigenvalue weighted by atomic mass is 16.1. The van der Waals surface area contributed by atoms with Gasteiger partial charge in [-0.05, 0) is 49.1 Å². The molecule has 0 saturated carbocycles. The van der Waals surface area contributed by atoms with E-state index < -0.39 is 0 Å². The summed E-state index contributed by atoms with van der Waals surface area (Å²) in [4.78, 5) is 14.0. The van der Waals surface area contributed by atoms with Crippen molar-refractivity contribution in [1.82, 2.24) is 4.98 Å². The summed E-state index contributed by atoms with van der Waals surface area (Å²) < 4.78 is 0. The molecule has 0 amide bonds. The number of nitrogens with two attached hydrogens (primary N) is 1. The molecule has 0 aliphatic rings. The standard InChI is InChI=1S/C14H16N2O/c1-8-4-9(2)14(10(3)5-8)11-6-12(15)16-13(17)7-11/h4-7H,1-3H3,(H3,15,16,17). The molecule has 0 aliphatic heterocycles. The van der Waals surface area contributed by atoms with Gasteiger partial charge in [0.25, 0.3) is 0 Å². The lowest BCUT2D eigenvalue weighted by Gasteiger charge is -2.11. The van der Waals surface area contributed by atoms with Crippen LogP contribution in [0.15, 0.2) is 29.1 Å². The molecule has 1 aromatic carbocycles. The minimum absolute atomic E-state index is 0.167. The first-order valence-electron chi connectivity index (χ1n) is 5.55. The number of hydrogen-bond acceptors (Lipinski definition) is 2. The summed E-state index contributed by atoms with van der Waals surface area (Å²) in [5, 5.41) is 0. The fourth-order valence-electron chi connectivity index (χ4n) is 2.34. The zero-order valence-corrected chi connectivity index (χ0v) is 10.3. The van der Waals surface area contributed by atoms with Crippen LogP contribution in [0.1, 0.15) is 16.7 Å². The largest absolute Gasteiger partial charge is 0.385 e. The molecule has 1 heterocycles. The first kappa shape index (κ1) is 11.5. The van der Waals surface area contributed by atoms with Crippen LogP contribution in [-0.2, 0) is 0 Å². The molecule has 0 fully saturated rings. The van der Waals surface area contributed by atoms with Crippen molar-refractivity contribution in [3.8, 4) is 11.1 Å². The number of aromatic nitrogens is 1. The van der Waals surface area contributed by atoms with Crippen LogP contribution in [0.4, 0.5) is 5.82 Å². The van der Waals surface area contributed by atoms with E-state index in [1.807, 2.05) is 13.8 Å². The van der Waals surface area contributed by atoms with Crippen LogP contribution in [0.25, 0.3) is 11.1 Å². The van der Waals surface area contributed by atoms with Crippen molar-refractivity contribution in [2.75, 3.05) is 5.73 Å². The number of H-pyrrole nitrogens is 1. The number of pyridine rings is 1. The molecule has 2 aromatic rings. The molecule has 0 saturated heterocycles. The van der Waals surface area contributed by atoms with Crippen molar-refractivity contribution in [2.45, 2.75) is 20.8 Å². The van der Waals surface area contributed by atoms with Crippen LogP contribution < -0.4 is 11.3 Å². The Balaban J connectivity index is 2.72. The molecule has 3 heteroatoms. The Kier molecular flexibility index (Phi) is 2.76. The Bertz CT molecular complexity index is 603. The van der Waals surface area contributed by atoms with E-state index in [0.29, 0.717) is 5.82 Å². The Morgan fingerprint density at radius 2 is 1.59 bits per heavy atom. The smallest absolute Gasteiger partial charge is 0.250 e. The van der Waals surface area contributed by atoms with Crippen molar-refractivity contribution >= 4 is 5.82 Å². The quantitative estimate of drug-likeness (QED) is 0.788. The van der Waals surface area contributed by atoms with Gasteiger partial charge >= 0.3 is 0 Å². The van der Waals surface area contributed by atoms with Gasteiger partial charge in [0, 0.05) is 6.07 Å². The number of aromatic amines is 1. The topological polar surface area (TPSA) is 58.9 Å². The fraction of sp³-hybridized carbons (Fsp3) is 0.214. The molecule has 0 unspecified atom stereocenters. The van der Waals surface area contributed by atoms with Crippen molar-refractivity contribution in [3.05, 3.63) is 51.3 Å². The molecule has 0 radical (unpaired) electrons. The molecule has 0 aliphatic carbocycles. The van der Waals surface area contributed by atoms with E-state index in [-0.39, 0.29) is 5.56 Å². The van der Waals surface area contributed by atoms with Crippen LogP contribution in [-0.4, -0.2) is 4.98 Å². The van der Waals surface area contributed by atoms with E-state index in [0.717, 1.165) is 22.3 Å². The lowest BCUT2D eigenvalue weighted by molar-refractivity contribution is 1.24. The van der Waals surface area contributed by atoms with Crippen LogP contribution >= 0.6 is 0 Å². The number of hydrogen-bond donors (Lipinski definition) is 2. The minimum atomic E-state index is -0.167. The molecule has 3 nitrogen and oxygen atoms in total. The predicted molar refractivity (Wildman–Crippen MR) is 71.1 cm³/mol. The zero-order chi connectivity index (χ0) is 12.6. The molecule has 88 valence electrons. The van der Waals surface area contributed by atoms with Crippen LogP contribution in [0.3, 0.4) is 0 Å². The maximum absolute atomic E-state index is 11.4. The SMILES string of the molecule is Cc1cc(C)c(-c2cc(N)[nH]c(=O)c2)c(C)c1. The van der Waals surface area contributed by atoms with Gasteiger partial charge in [0.15, 0.2) is 0 Å². The number of nitrogen functional groups attached to an aromatic ring is 1. The van der Waals surface area contributed by atoms with Gasteiger partial charge in [0.2, 0.25) is 5.56 Å². The lowest BCUT2D eigenvalue weighted by atomic mass is 9.94. The monoisotopic (exact) mass is 228 g/mol. The molecule has 3 N–H and O–H groups in total. The maximum Gasteiger partial charge on any atom is 0.250 e. The van der Waals surface area contributed by atoms with Gasteiger partial charge in [-0.1, -0.05) is 17.7 Å². The Morgan fingerprint density at radius 1 is 1.00 bits per heavy atom. The molecular weight excluding hydrogens is 212 g/mol. The summed E-state index contributed by atoms with van der Waals surface area (Å²) in [6.45, 7) is 6.16. The van der Waals surface area contributed by atoms with Gasteiger partial charge in [0.1, 0.15) is 5.82 Å². The highest BCUT2D eigenvalue weighted by Gasteiger charge is 2.07. The van der Waals surface area contributed by atoms with Crippen molar-refractivity contribution in [2.24, 2.45) is 0 Å². The third-order valence-electron chi connectivity index (χ3n) is 2.83. The lowest BCUT2D eigenvalue weighted by Crippen LogP contribution is -2.08. The Labute approximate surface area is 100 Å². The van der Waals surface area contributed by atoms with Gasteiger partial charge in [-0.3, -0.25) is 4.79 Å². The van der Waals surface area contributed by atoms with E-state index in [1.54, 1.807) is 12.1 Å². The highest BCUT2D eigenvalue weighted by Crippen LogP contribution is 2.27. The number of nitrogens with one attached hydrogen (secondary N) is 1. The normalized spacial score (nSPS) is 10.5. The molecule has 2 rings (SSSR count). The van der Waals surface area contributed by atoms with Crippen molar-refractivity contribution in [3.63, 3.8) is 0 Å². The number of anilines is 1. The highest BCUT2D eigenvalue weighted by molar-refractivity contribution is 5.72. The van der Waals surface area contributed by atoms with Gasteiger partial charge in [-0.25, -0.2) is 0 Å². The second-order valence-electron chi connectivity index (χ2n) is 4.46. The third-order valence-corrected chi connectivity index (χ3v) is 2.83. The zero-order valence-electron chi connectivity index (χ0n) is 10.3. The van der Waals surface area contributed by atoms with E-state index in [4.69, 9.17) is 5.73 Å². The van der Waals surface area contributed by atoms with Gasteiger partial charge in [-0.2, -0.15) is 0 Å². The molecule has 17 heavy (non-hydrogen) atoms. The summed E-state index contributed by atoms with van der Waals surface area (Å²) in [6.07, 6.45) is 0. The van der Waals surface area contributed by atoms with E-state index in [1.165, 1.54) is 5.56 Å². The minimum Gasteiger partial charge on any atom is -0.385 e. The number of aryl methyl sites for hydroxylation is 3. The van der Waals surface area contributed by atoms with Crippen molar-refractivity contribution in [1.29, 1.82) is 0 Å². The summed E-state index contributed by atoms with van der Waals surface area (Å²) in [7, 11) is 0. The van der Waals surface area contributed by atoms with Crippen LogP contribution in [0.5, 0.6) is 0 Å². The summed E-state index contributed by atoms with van der Waals surface area (Å²) >= 11 is 0. The van der Waals surface area contributed by atoms with E-state index in [2.05, 4.69) is 24.0 Å². The first-order chi connectivity index (χ1) is 7.97. The number of benzene rings is 1. The molecule has 0 atom stereocenters. The first-order valence-corrected chi connectivity index (χ1v) is 5.55. The number of rotatable bonds is 1. The van der Waals surface area contributed by atoms with Crippen molar-refractivity contribution < 1.29 is 0 Å². The predicted octanol–water partition coefficient (Wildman–Crippen LogP) is 2.55. The molecule has 1 aromatic heterocycles. The summed E-state index contributed by atoms with van der Waals surface area (Å²) in [5.41, 5.74) is 11.0. The van der Waals surface area contributed by atoms with Gasteiger partial charge < -0.3 is 10.7 Å². The van der Waals surface area contributed by atoms with Crippen LogP contribution in [0, 0.1) is 20.8 Å². The van der Waals surface area contributed by atoms with E-state index >= 15 is 0 Å². The van der Waals surface area contributed by atoms with E-state index in [9.17, 15) is 4.79 Å². The molecular formula is C14H16N2O. The maximum atomic E-state index is 11.4. The van der Waals surface area contributed by atoms with Gasteiger partial charge in [0.05, 0.1) is 0 Å². The fourth-order valence-corrected chi connectivity index (χ4v) is 2.34. The van der Waals surface area contributed by atoms with Crippen LogP contribution in [0.2, 0.25) is 0 Å². The third kappa shape index (κ3) is 2.23. The Morgan fingerprint density at radius 3 is 2.12 bits per heavy atom. The average Bonchev–Trinajstić information content (AvgIpc) is 2.13. The molecule has 0 bridgehead atoms. The second kappa shape index (κ2) is 4.09. The van der Waals surface area contributed by atoms with Gasteiger partial charge in [-0.15, -0.1) is 0 Å². The summed E-state index contributed by atoms with van der Waals surface area (Å²) in [6, 6.07) is 7.60. The Hall–Kier alpha value is -2.03. The second-order valence-corrected chi connectivity index (χ2v) is 4.46. The average molecular weight is 228 g/mol.